The monoisotopic (exact) mass is 300 g/mol. The number of ether oxygens (including phenoxy) is 2. The minimum Gasteiger partial charge on any atom is -0.468 e. The van der Waals surface area contributed by atoms with Gasteiger partial charge < -0.3 is 9.47 Å². The highest BCUT2D eigenvalue weighted by molar-refractivity contribution is 6.30. The van der Waals surface area contributed by atoms with Gasteiger partial charge in [0.15, 0.2) is 0 Å². The van der Waals surface area contributed by atoms with Crippen LogP contribution in [-0.4, -0.2) is 36.3 Å². The van der Waals surface area contributed by atoms with E-state index in [1.807, 2.05) is 0 Å². The van der Waals surface area contributed by atoms with E-state index in [2.05, 4.69) is 9.72 Å². The van der Waals surface area contributed by atoms with Gasteiger partial charge in [-0.2, -0.15) is 0 Å². The Morgan fingerprint density at radius 2 is 2.05 bits per heavy atom. The summed E-state index contributed by atoms with van der Waals surface area (Å²) in [4.78, 5) is 28.6. The van der Waals surface area contributed by atoms with E-state index in [0.29, 0.717) is 5.02 Å². The third-order valence-corrected chi connectivity index (χ3v) is 2.35. The van der Waals surface area contributed by atoms with Crippen LogP contribution >= 0.6 is 11.6 Å². The van der Waals surface area contributed by atoms with Gasteiger partial charge in [-0.25, -0.2) is 9.78 Å². The van der Waals surface area contributed by atoms with Gasteiger partial charge in [0.1, 0.15) is 18.0 Å². The van der Waals surface area contributed by atoms with Crippen molar-refractivity contribution in [1.29, 1.82) is 0 Å². The summed E-state index contributed by atoms with van der Waals surface area (Å²) in [6, 6.07) is 3.03. The van der Waals surface area contributed by atoms with Crippen LogP contribution in [0.15, 0.2) is 18.3 Å². The van der Waals surface area contributed by atoms with E-state index in [0.717, 1.165) is 4.90 Å². The van der Waals surface area contributed by atoms with Gasteiger partial charge in [-0.3, -0.25) is 9.69 Å². The number of hydrogen-bond donors (Lipinski definition) is 0. The van der Waals surface area contributed by atoms with Crippen molar-refractivity contribution in [2.24, 2.45) is 0 Å². The summed E-state index contributed by atoms with van der Waals surface area (Å²) in [5.41, 5.74) is -0.690. The molecule has 0 spiro atoms. The Hall–Kier alpha value is -1.82. The molecule has 0 aliphatic carbocycles. The number of hydrogen-bond acceptors (Lipinski definition) is 5. The molecule has 0 unspecified atom stereocenters. The van der Waals surface area contributed by atoms with Crippen LogP contribution in [0.2, 0.25) is 5.02 Å². The summed E-state index contributed by atoms with van der Waals surface area (Å²) in [5.74, 6) is -0.366. The third kappa shape index (κ3) is 5.05. The number of nitrogens with zero attached hydrogens (tertiary/aromatic N) is 2. The molecule has 20 heavy (non-hydrogen) atoms. The van der Waals surface area contributed by atoms with Crippen LogP contribution in [0.5, 0.6) is 0 Å². The molecule has 0 bridgehead atoms. The fourth-order valence-corrected chi connectivity index (χ4v) is 1.44. The molecule has 0 saturated carbocycles. The van der Waals surface area contributed by atoms with Crippen LogP contribution in [0.3, 0.4) is 0 Å². The smallest absolute Gasteiger partial charge is 0.416 e. The molecule has 1 amide bonds. The Labute approximate surface area is 122 Å². The predicted molar refractivity (Wildman–Crippen MR) is 74.8 cm³/mol. The lowest BCUT2D eigenvalue weighted by Crippen LogP contribution is -2.40. The molecule has 0 radical (unpaired) electrons. The molecule has 6 nitrogen and oxygen atoms in total. The van der Waals surface area contributed by atoms with Crippen LogP contribution in [-0.2, 0) is 14.3 Å². The number of carbonyl (C=O) groups is 2. The second-order valence-electron chi connectivity index (χ2n) is 4.97. The van der Waals surface area contributed by atoms with E-state index < -0.39 is 17.7 Å². The van der Waals surface area contributed by atoms with E-state index in [1.165, 1.54) is 19.4 Å². The first kappa shape index (κ1) is 16.2. The zero-order chi connectivity index (χ0) is 15.3. The molecule has 0 fully saturated rings. The van der Waals surface area contributed by atoms with Crippen LogP contribution in [0.4, 0.5) is 10.6 Å². The van der Waals surface area contributed by atoms with Gasteiger partial charge >= 0.3 is 12.1 Å². The lowest BCUT2D eigenvalue weighted by molar-refractivity contribution is -0.139. The van der Waals surface area contributed by atoms with Crippen molar-refractivity contribution >= 4 is 29.5 Å². The maximum absolute atomic E-state index is 12.1. The number of amides is 1. The van der Waals surface area contributed by atoms with E-state index in [4.69, 9.17) is 16.3 Å². The van der Waals surface area contributed by atoms with E-state index in [-0.39, 0.29) is 12.4 Å². The Balaban J connectivity index is 3.02. The normalized spacial score (nSPS) is 10.8. The van der Waals surface area contributed by atoms with Crippen molar-refractivity contribution in [2.45, 2.75) is 26.4 Å². The molecule has 0 N–H and O–H groups in total. The predicted octanol–water partition coefficient (Wildman–Crippen LogP) is 2.65. The fourth-order valence-electron chi connectivity index (χ4n) is 1.29. The number of rotatable bonds is 3. The molecule has 1 aromatic rings. The van der Waals surface area contributed by atoms with E-state index in [9.17, 15) is 9.59 Å². The molecular weight excluding hydrogens is 284 g/mol. The first-order valence-corrected chi connectivity index (χ1v) is 6.29. The van der Waals surface area contributed by atoms with Crippen molar-refractivity contribution in [3.63, 3.8) is 0 Å². The lowest BCUT2D eigenvalue weighted by Gasteiger charge is -2.26. The highest BCUT2D eigenvalue weighted by Gasteiger charge is 2.26. The van der Waals surface area contributed by atoms with Crippen LogP contribution in [0.1, 0.15) is 20.8 Å². The van der Waals surface area contributed by atoms with Gasteiger partial charge in [0.25, 0.3) is 0 Å². The fraction of sp³-hybridized carbons (Fsp3) is 0.462. The van der Waals surface area contributed by atoms with Gasteiger partial charge in [0.05, 0.1) is 7.11 Å². The molecule has 1 rings (SSSR count). The van der Waals surface area contributed by atoms with Crippen LogP contribution in [0.25, 0.3) is 0 Å². The summed E-state index contributed by atoms with van der Waals surface area (Å²) >= 11 is 5.86. The SMILES string of the molecule is COC(=O)CN(C(=O)OC(C)(C)C)c1cc(Cl)ccn1. The Bertz CT molecular complexity index is 499. The van der Waals surface area contributed by atoms with Crippen molar-refractivity contribution < 1.29 is 19.1 Å². The van der Waals surface area contributed by atoms with Crippen molar-refractivity contribution in [3.8, 4) is 0 Å². The summed E-state index contributed by atoms with van der Waals surface area (Å²) in [6.45, 7) is 4.88. The summed E-state index contributed by atoms with van der Waals surface area (Å²) < 4.78 is 9.80. The molecule has 0 aromatic carbocycles. The number of esters is 1. The topological polar surface area (TPSA) is 68.7 Å². The number of halogens is 1. The highest BCUT2D eigenvalue weighted by atomic mass is 35.5. The van der Waals surface area contributed by atoms with Gasteiger partial charge in [0.2, 0.25) is 0 Å². The Morgan fingerprint density at radius 3 is 2.55 bits per heavy atom. The largest absolute Gasteiger partial charge is 0.468 e. The molecule has 0 aliphatic rings. The minimum atomic E-state index is -0.697. The Morgan fingerprint density at radius 1 is 1.40 bits per heavy atom. The lowest BCUT2D eigenvalue weighted by atomic mass is 10.2. The molecule has 0 atom stereocenters. The van der Waals surface area contributed by atoms with Crippen molar-refractivity contribution in [3.05, 3.63) is 23.4 Å². The first-order chi connectivity index (χ1) is 9.23. The molecule has 1 aromatic heterocycles. The van der Waals surface area contributed by atoms with Crippen LogP contribution < -0.4 is 4.90 Å². The third-order valence-electron chi connectivity index (χ3n) is 2.11. The molecule has 0 aliphatic heterocycles. The van der Waals surface area contributed by atoms with E-state index in [1.54, 1.807) is 26.8 Å². The highest BCUT2D eigenvalue weighted by Crippen LogP contribution is 2.19. The van der Waals surface area contributed by atoms with Gasteiger partial charge in [-0.05, 0) is 32.9 Å². The van der Waals surface area contributed by atoms with Crippen molar-refractivity contribution in [2.75, 3.05) is 18.6 Å². The average molecular weight is 301 g/mol. The van der Waals surface area contributed by atoms with Crippen molar-refractivity contribution in [1.82, 2.24) is 4.98 Å². The second kappa shape index (κ2) is 6.56. The molecule has 0 saturated heterocycles. The number of aromatic nitrogens is 1. The quantitative estimate of drug-likeness (QED) is 0.803. The average Bonchev–Trinajstić information content (AvgIpc) is 2.33. The number of pyridine rings is 1. The summed E-state index contributed by atoms with van der Waals surface area (Å²) in [7, 11) is 1.24. The van der Waals surface area contributed by atoms with Gasteiger partial charge in [0, 0.05) is 11.2 Å². The first-order valence-electron chi connectivity index (χ1n) is 5.92. The Kier molecular flexibility index (Phi) is 5.33. The summed E-state index contributed by atoms with van der Waals surface area (Å²) in [5, 5.41) is 0.397. The maximum atomic E-state index is 12.1. The number of anilines is 1. The zero-order valence-corrected chi connectivity index (χ0v) is 12.6. The number of methoxy groups -OCH3 is 1. The molecular formula is C13H17ClN2O4. The molecule has 7 heteroatoms. The van der Waals surface area contributed by atoms with E-state index >= 15 is 0 Å². The zero-order valence-electron chi connectivity index (χ0n) is 11.8. The summed E-state index contributed by atoms with van der Waals surface area (Å²) in [6.07, 6.45) is 0.740. The van der Waals surface area contributed by atoms with Gasteiger partial charge in [-0.1, -0.05) is 11.6 Å². The molecule has 110 valence electrons. The van der Waals surface area contributed by atoms with Gasteiger partial charge in [-0.15, -0.1) is 0 Å². The standard InChI is InChI=1S/C13H17ClN2O4/c1-13(2,3)20-12(18)16(8-11(17)19-4)10-7-9(14)5-6-15-10/h5-7H,8H2,1-4H3. The minimum absolute atomic E-state index is 0.220. The number of carbonyl (C=O) groups excluding carboxylic acids is 2. The van der Waals surface area contributed by atoms with Crippen LogP contribution in [0, 0.1) is 0 Å². The maximum Gasteiger partial charge on any atom is 0.416 e. The molecule has 1 heterocycles. The second-order valence-corrected chi connectivity index (χ2v) is 5.41.